The van der Waals surface area contributed by atoms with Crippen molar-refractivity contribution in [1.29, 1.82) is 0 Å². The molecule has 1 fully saturated rings. The van der Waals surface area contributed by atoms with E-state index in [1.807, 2.05) is 0 Å². The number of aromatic carboxylic acids is 1. The van der Waals surface area contributed by atoms with E-state index < -0.39 is 11.8 Å². The molecule has 0 radical (unpaired) electrons. The quantitative estimate of drug-likeness (QED) is 0.924. The highest BCUT2D eigenvalue weighted by atomic mass is 19.1. The molecule has 0 spiro atoms. The minimum absolute atomic E-state index is 0.124. The van der Waals surface area contributed by atoms with Crippen molar-refractivity contribution in [3.63, 3.8) is 0 Å². The van der Waals surface area contributed by atoms with Gasteiger partial charge in [0.2, 0.25) is 0 Å². The third-order valence-electron chi connectivity index (χ3n) is 3.66. The Hall–Kier alpha value is -2.11. The zero-order chi connectivity index (χ0) is 15.4. The van der Waals surface area contributed by atoms with Crippen molar-refractivity contribution >= 4 is 11.9 Å². The monoisotopic (exact) mass is 295 g/mol. The highest BCUT2D eigenvalue weighted by Gasteiger charge is 2.21. The molecule has 1 N–H and O–H groups in total. The number of carboxylic acids is 1. The van der Waals surface area contributed by atoms with Gasteiger partial charge in [-0.1, -0.05) is 6.92 Å². The van der Waals surface area contributed by atoms with Gasteiger partial charge >= 0.3 is 5.97 Å². The number of ether oxygens (including phenoxy) is 1. The number of halogens is 1. The van der Waals surface area contributed by atoms with E-state index in [-0.39, 0.29) is 23.8 Å². The second kappa shape index (κ2) is 6.56. The van der Waals surface area contributed by atoms with E-state index in [0.29, 0.717) is 19.0 Å². The van der Waals surface area contributed by atoms with Crippen molar-refractivity contribution < 1.29 is 23.8 Å². The number of nitrogens with zero attached hydrogens (tertiary/aromatic N) is 1. The third kappa shape index (κ3) is 3.93. The lowest BCUT2D eigenvalue weighted by Crippen LogP contribution is -2.40. The predicted molar refractivity (Wildman–Crippen MR) is 73.8 cm³/mol. The first-order valence-electron chi connectivity index (χ1n) is 6.91. The fourth-order valence-corrected chi connectivity index (χ4v) is 2.28. The average Bonchev–Trinajstić information content (AvgIpc) is 2.45. The van der Waals surface area contributed by atoms with Crippen LogP contribution in [-0.2, 0) is 4.79 Å². The van der Waals surface area contributed by atoms with Gasteiger partial charge in [-0.05, 0) is 30.9 Å². The lowest BCUT2D eigenvalue weighted by Gasteiger charge is -2.30. The van der Waals surface area contributed by atoms with Crippen LogP contribution < -0.4 is 4.74 Å². The van der Waals surface area contributed by atoms with Crippen molar-refractivity contribution in [1.82, 2.24) is 4.90 Å². The van der Waals surface area contributed by atoms with Crippen LogP contribution in [0.15, 0.2) is 18.2 Å². The number of carbonyl (C=O) groups excluding carboxylic acids is 1. The maximum Gasteiger partial charge on any atom is 0.339 e. The van der Waals surface area contributed by atoms with Gasteiger partial charge in [0.1, 0.15) is 17.1 Å². The fourth-order valence-electron chi connectivity index (χ4n) is 2.28. The van der Waals surface area contributed by atoms with Crippen molar-refractivity contribution in [3.05, 3.63) is 29.6 Å². The molecule has 0 bridgehead atoms. The first-order chi connectivity index (χ1) is 9.97. The SMILES string of the molecule is CC1CCN(C(=O)COc2cc(F)ccc2C(=O)O)CC1. The summed E-state index contributed by atoms with van der Waals surface area (Å²) in [6.45, 7) is 3.22. The molecule has 6 heteroatoms. The molecule has 1 aromatic rings. The number of amides is 1. The van der Waals surface area contributed by atoms with Crippen LogP contribution in [0, 0.1) is 11.7 Å². The zero-order valence-electron chi connectivity index (χ0n) is 11.8. The van der Waals surface area contributed by atoms with Gasteiger partial charge in [0.25, 0.3) is 5.91 Å². The zero-order valence-corrected chi connectivity index (χ0v) is 11.8. The number of piperidine rings is 1. The Balaban J connectivity index is 1.98. The van der Waals surface area contributed by atoms with Gasteiger partial charge in [-0.2, -0.15) is 0 Å². The van der Waals surface area contributed by atoms with E-state index in [4.69, 9.17) is 9.84 Å². The molecule has 1 aliphatic rings. The summed E-state index contributed by atoms with van der Waals surface area (Å²) in [6.07, 6.45) is 1.90. The molecule has 0 atom stereocenters. The molecule has 0 unspecified atom stereocenters. The first-order valence-corrected chi connectivity index (χ1v) is 6.91. The molecule has 0 aliphatic carbocycles. The molecule has 21 heavy (non-hydrogen) atoms. The van der Waals surface area contributed by atoms with Crippen molar-refractivity contribution in [2.75, 3.05) is 19.7 Å². The topological polar surface area (TPSA) is 66.8 Å². The highest BCUT2D eigenvalue weighted by Crippen LogP contribution is 2.21. The van der Waals surface area contributed by atoms with Crippen molar-refractivity contribution in [2.24, 2.45) is 5.92 Å². The molecular weight excluding hydrogens is 277 g/mol. The Labute approximate surface area is 122 Å². The number of hydrogen-bond donors (Lipinski definition) is 1. The molecule has 2 rings (SSSR count). The predicted octanol–water partition coefficient (Wildman–Crippen LogP) is 2.16. The molecule has 0 aromatic heterocycles. The summed E-state index contributed by atoms with van der Waals surface area (Å²) in [5.74, 6) is -1.54. The van der Waals surface area contributed by atoms with Crippen LogP contribution in [0.2, 0.25) is 0 Å². The van der Waals surface area contributed by atoms with E-state index in [2.05, 4.69) is 6.92 Å². The lowest BCUT2D eigenvalue weighted by molar-refractivity contribution is -0.134. The summed E-state index contributed by atoms with van der Waals surface area (Å²) in [4.78, 5) is 24.7. The molecule has 114 valence electrons. The van der Waals surface area contributed by atoms with Gasteiger partial charge in [0.15, 0.2) is 6.61 Å². The number of carboxylic acid groups (broad SMARTS) is 1. The molecule has 1 amide bonds. The summed E-state index contributed by atoms with van der Waals surface area (Å²) in [7, 11) is 0. The number of likely N-dealkylation sites (tertiary alicyclic amines) is 1. The van der Waals surface area contributed by atoms with Gasteiger partial charge in [0, 0.05) is 19.2 Å². The Morgan fingerprint density at radius 1 is 1.38 bits per heavy atom. The van der Waals surface area contributed by atoms with Crippen LogP contribution in [0.1, 0.15) is 30.1 Å². The Morgan fingerprint density at radius 2 is 2.05 bits per heavy atom. The number of hydrogen-bond acceptors (Lipinski definition) is 3. The Bertz CT molecular complexity index is 538. The van der Waals surface area contributed by atoms with Gasteiger partial charge in [-0.3, -0.25) is 4.79 Å². The molecule has 1 saturated heterocycles. The maximum atomic E-state index is 13.2. The van der Waals surface area contributed by atoms with Gasteiger partial charge < -0.3 is 14.7 Å². The Morgan fingerprint density at radius 3 is 2.67 bits per heavy atom. The van der Waals surface area contributed by atoms with Gasteiger partial charge in [0.05, 0.1) is 0 Å². The second-order valence-electron chi connectivity index (χ2n) is 5.30. The summed E-state index contributed by atoms with van der Waals surface area (Å²) in [5, 5.41) is 9.00. The van der Waals surface area contributed by atoms with Crippen LogP contribution in [0.5, 0.6) is 5.75 Å². The maximum absolute atomic E-state index is 13.2. The standard InChI is InChI=1S/C15H18FNO4/c1-10-4-6-17(7-5-10)14(18)9-21-13-8-11(16)2-3-12(13)15(19)20/h2-3,8,10H,4-7,9H2,1H3,(H,19,20). The molecule has 0 saturated carbocycles. The second-order valence-corrected chi connectivity index (χ2v) is 5.30. The number of rotatable bonds is 4. The fraction of sp³-hybridized carbons (Fsp3) is 0.467. The summed E-state index contributed by atoms with van der Waals surface area (Å²) in [6, 6.07) is 3.15. The molecule has 1 aliphatic heterocycles. The third-order valence-corrected chi connectivity index (χ3v) is 3.66. The minimum atomic E-state index is -1.22. The first kappa shape index (κ1) is 15.3. The number of carbonyl (C=O) groups is 2. The number of benzene rings is 1. The smallest absolute Gasteiger partial charge is 0.339 e. The van der Waals surface area contributed by atoms with E-state index in [1.54, 1.807) is 4.90 Å². The van der Waals surface area contributed by atoms with Crippen LogP contribution in [-0.4, -0.2) is 41.6 Å². The van der Waals surface area contributed by atoms with Gasteiger partial charge in [-0.15, -0.1) is 0 Å². The molecular formula is C15H18FNO4. The molecule has 5 nitrogen and oxygen atoms in total. The minimum Gasteiger partial charge on any atom is -0.483 e. The largest absolute Gasteiger partial charge is 0.483 e. The normalized spacial score (nSPS) is 15.8. The summed E-state index contributed by atoms with van der Waals surface area (Å²) in [5.41, 5.74) is -0.156. The lowest BCUT2D eigenvalue weighted by atomic mass is 9.99. The van der Waals surface area contributed by atoms with Crippen LogP contribution >= 0.6 is 0 Å². The van der Waals surface area contributed by atoms with Crippen molar-refractivity contribution in [2.45, 2.75) is 19.8 Å². The molecule has 1 aromatic carbocycles. The Kier molecular flexibility index (Phi) is 4.77. The highest BCUT2D eigenvalue weighted by molar-refractivity contribution is 5.91. The van der Waals surface area contributed by atoms with Crippen LogP contribution in [0.25, 0.3) is 0 Å². The van der Waals surface area contributed by atoms with E-state index in [9.17, 15) is 14.0 Å². The van der Waals surface area contributed by atoms with E-state index >= 15 is 0 Å². The van der Waals surface area contributed by atoms with E-state index in [0.717, 1.165) is 31.0 Å². The average molecular weight is 295 g/mol. The summed E-state index contributed by atoms with van der Waals surface area (Å²) < 4.78 is 18.4. The van der Waals surface area contributed by atoms with Gasteiger partial charge in [-0.25, -0.2) is 9.18 Å². The van der Waals surface area contributed by atoms with E-state index in [1.165, 1.54) is 0 Å². The van der Waals surface area contributed by atoms with Crippen LogP contribution in [0.4, 0.5) is 4.39 Å². The molecule has 1 heterocycles. The summed E-state index contributed by atoms with van der Waals surface area (Å²) >= 11 is 0. The van der Waals surface area contributed by atoms with Crippen LogP contribution in [0.3, 0.4) is 0 Å². The van der Waals surface area contributed by atoms with Crippen molar-refractivity contribution in [3.8, 4) is 5.75 Å².